The molecule has 0 spiro atoms. The van der Waals surface area contributed by atoms with Crippen LogP contribution < -0.4 is 5.32 Å². The van der Waals surface area contributed by atoms with Gasteiger partial charge < -0.3 is 5.32 Å². The fourth-order valence-corrected chi connectivity index (χ4v) is 1.97. The van der Waals surface area contributed by atoms with E-state index in [1.165, 1.54) is 0 Å². The molecule has 0 aliphatic carbocycles. The first-order valence-corrected chi connectivity index (χ1v) is 7.16. The molecule has 0 heterocycles. The maximum Gasteiger partial charge on any atom is 0.156 e. The van der Waals surface area contributed by atoms with Crippen LogP contribution in [0.1, 0.15) is 18.1 Å². The zero-order chi connectivity index (χ0) is 15.1. The lowest BCUT2D eigenvalue weighted by atomic mass is 10.00. The summed E-state index contributed by atoms with van der Waals surface area (Å²) in [6.45, 7) is 2.06. The van der Waals surface area contributed by atoms with E-state index in [9.17, 15) is 0 Å². The van der Waals surface area contributed by atoms with Gasteiger partial charge in [-0.3, -0.25) is 4.99 Å². The Morgan fingerprint density at radius 1 is 0.952 bits per heavy atom. The summed E-state index contributed by atoms with van der Waals surface area (Å²) in [4.78, 5) is 9.38. The number of rotatable bonds is 3. The van der Waals surface area contributed by atoms with E-state index < -0.39 is 0 Å². The monoisotopic (exact) mass is 277 g/mol. The van der Waals surface area contributed by atoms with Crippen LogP contribution in [0.25, 0.3) is 0 Å². The predicted molar refractivity (Wildman–Crippen MR) is 93.0 cm³/mol. The summed E-state index contributed by atoms with van der Waals surface area (Å²) in [6, 6.07) is 20.1. The second-order valence-corrected chi connectivity index (χ2v) is 4.99. The molecule has 3 nitrogen and oxygen atoms in total. The summed E-state index contributed by atoms with van der Waals surface area (Å²) in [6.07, 6.45) is 0. The van der Waals surface area contributed by atoms with Gasteiger partial charge in [-0.2, -0.15) is 0 Å². The Balaban J connectivity index is 2.44. The normalized spacial score (nSPS) is 13.8. The molecular weight excluding hydrogens is 257 g/mol. The summed E-state index contributed by atoms with van der Waals surface area (Å²) < 4.78 is 0. The van der Waals surface area contributed by atoms with Crippen molar-refractivity contribution in [2.24, 2.45) is 9.98 Å². The van der Waals surface area contributed by atoms with Crippen molar-refractivity contribution in [3.05, 3.63) is 71.8 Å². The van der Waals surface area contributed by atoms with E-state index in [-0.39, 0.29) is 5.94 Å². The van der Waals surface area contributed by atoms with Crippen molar-refractivity contribution in [2.75, 3.05) is 7.05 Å². The van der Waals surface area contributed by atoms with Crippen molar-refractivity contribution >= 4 is 19.5 Å². The lowest BCUT2D eigenvalue weighted by Gasteiger charge is -2.09. The van der Waals surface area contributed by atoms with Crippen molar-refractivity contribution in [1.29, 1.82) is 0 Å². The minimum absolute atomic E-state index is 0.192. The van der Waals surface area contributed by atoms with E-state index in [0.29, 0.717) is 0 Å². The first kappa shape index (κ1) is 15.0. The van der Waals surface area contributed by atoms with Crippen LogP contribution in [0.2, 0.25) is 0 Å². The van der Waals surface area contributed by atoms with Crippen LogP contribution >= 0.6 is 0 Å². The fraction of sp³-hybridized carbons (Fsp3) is 0.176. The number of hydrogen-bond acceptors (Lipinski definition) is 1. The van der Waals surface area contributed by atoms with Gasteiger partial charge in [0.15, 0.2) is 5.84 Å². The molecule has 21 heavy (non-hydrogen) atoms. The third kappa shape index (κ3) is 4.31. The minimum atomic E-state index is 0.192. The molecule has 1 atom stereocenters. The van der Waals surface area contributed by atoms with E-state index in [1.54, 1.807) is 0 Å². The fourth-order valence-electron chi connectivity index (χ4n) is 1.97. The highest BCUT2D eigenvalue weighted by atomic mass is 15.0. The molecule has 2 aromatic rings. The number of aliphatic imine (C=N–C) groups is 2. The quantitative estimate of drug-likeness (QED) is 0.520. The van der Waals surface area contributed by atoms with E-state index in [4.69, 9.17) is 4.99 Å². The van der Waals surface area contributed by atoms with E-state index in [0.717, 1.165) is 22.8 Å². The molecular formula is C17H20BN3. The first-order chi connectivity index (χ1) is 10.2. The molecule has 0 amide bonds. The Labute approximate surface area is 127 Å². The molecule has 106 valence electrons. The van der Waals surface area contributed by atoms with Crippen molar-refractivity contribution < 1.29 is 0 Å². The Bertz CT molecular complexity index is 619. The maximum atomic E-state index is 4.73. The molecule has 0 radical (unpaired) electrons. The molecule has 4 heteroatoms. The van der Waals surface area contributed by atoms with Crippen molar-refractivity contribution in [1.82, 2.24) is 5.32 Å². The van der Waals surface area contributed by atoms with Crippen molar-refractivity contribution in [2.45, 2.75) is 12.9 Å². The van der Waals surface area contributed by atoms with Gasteiger partial charge in [-0.05, 0) is 0 Å². The lowest BCUT2D eigenvalue weighted by molar-refractivity contribution is 1.02. The van der Waals surface area contributed by atoms with Gasteiger partial charge in [0.25, 0.3) is 0 Å². The third-order valence-corrected chi connectivity index (χ3v) is 2.91. The average Bonchev–Trinajstić information content (AvgIpc) is 2.52. The second-order valence-electron chi connectivity index (χ2n) is 4.99. The number of nitrogens with zero attached hydrogens (tertiary/aromatic N) is 2. The number of nitrogens with one attached hydrogen (secondary N) is 1. The zero-order valence-corrected chi connectivity index (χ0v) is 12.7. The van der Waals surface area contributed by atoms with Gasteiger partial charge in [-0.1, -0.05) is 67.6 Å². The molecule has 0 bridgehead atoms. The van der Waals surface area contributed by atoms with Gasteiger partial charge in [-0.25, -0.2) is 4.99 Å². The van der Waals surface area contributed by atoms with Crippen LogP contribution in [0.5, 0.6) is 0 Å². The Morgan fingerprint density at radius 2 is 1.48 bits per heavy atom. The molecule has 0 fully saturated rings. The predicted octanol–water partition coefficient (Wildman–Crippen LogP) is 2.08. The van der Waals surface area contributed by atoms with Crippen LogP contribution in [0.3, 0.4) is 0 Å². The summed E-state index contributed by atoms with van der Waals surface area (Å²) in [5.74, 6) is 1.76. The smallest absolute Gasteiger partial charge is 0.156 e. The van der Waals surface area contributed by atoms with Crippen LogP contribution in [0, 0.1) is 0 Å². The standard InChI is InChI=1S/C17H20BN3/c1-13(18)20-17(15-11-7-4-8-12-15)21-16(19-2)14-9-5-3-6-10-14/h3-13H,18H2,1-2H3,(H,19,20,21). The largest absolute Gasteiger partial charge is 0.373 e. The van der Waals surface area contributed by atoms with Crippen molar-refractivity contribution in [3.8, 4) is 0 Å². The SMILES string of the molecule is BC(C)/N=C(\N=C(/NC)c1ccccc1)c1ccccc1. The Morgan fingerprint density at radius 3 is 1.95 bits per heavy atom. The highest BCUT2D eigenvalue weighted by Gasteiger charge is 2.06. The van der Waals surface area contributed by atoms with Gasteiger partial charge in [0, 0.05) is 24.1 Å². The Kier molecular flexibility index (Phi) is 5.32. The summed E-state index contributed by atoms with van der Waals surface area (Å²) in [5.41, 5.74) is 2.07. The number of benzene rings is 2. The van der Waals surface area contributed by atoms with Crippen molar-refractivity contribution in [3.63, 3.8) is 0 Å². The summed E-state index contributed by atoms with van der Waals surface area (Å²) in [7, 11) is 3.93. The number of hydrogen-bond donors (Lipinski definition) is 1. The van der Waals surface area contributed by atoms with Gasteiger partial charge in [0.1, 0.15) is 13.7 Å². The highest BCUT2D eigenvalue weighted by Crippen LogP contribution is 2.07. The summed E-state index contributed by atoms with van der Waals surface area (Å²) in [5, 5.41) is 3.16. The van der Waals surface area contributed by atoms with Crippen LogP contribution in [-0.4, -0.2) is 32.5 Å². The second kappa shape index (κ2) is 7.43. The third-order valence-electron chi connectivity index (χ3n) is 2.91. The zero-order valence-electron chi connectivity index (χ0n) is 12.7. The molecule has 2 aromatic carbocycles. The van der Waals surface area contributed by atoms with E-state index in [2.05, 4.69) is 25.1 Å². The topological polar surface area (TPSA) is 36.8 Å². The number of amidine groups is 2. The molecule has 1 N–H and O–H groups in total. The van der Waals surface area contributed by atoms with Gasteiger partial charge in [-0.15, -0.1) is 0 Å². The molecule has 2 rings (SSSR count). The Hall–Kier alpha value is -2.36. The summed E-state index contributed by atoms with van der Waals surface area (Å²) >= 11 is 0. The minimum Gasteiger partial charge on any atom is -0.373 e. The molecule has 0 aromatic heterocycles. The molecule has 0 saturated heterocycles. The van der Waals surface area contributed by atoms with Crippen LogP contribution in [0.15, 0.2) is 70.6 Å². The van der Waals surface area contributed by atoms with Gasteiger partial charge >= 0.3 is 0 Å². The molecule has 1 unspecified atom stereocenters. The van der Waals surface area contributed by atoms with Crippen LogP contribution in [-0.2, 0) is 0 Å². The van der Waals surface area contributed by atoms with E-state index >= 15 is 0 Å². The van der Waals surface area contributed by atoms with Gasteiger partial charge in [0.05, 0.1) is 0 Å². The first-order valence-electron chi connectivity index (χ1n) is 7.16. The van der Waals surface area contributed by atoms with Crippen LogP contribution in [0.4, 0.5) is 0 Å². The highest BCUT2D eigenvalue weighted by molar-refractivity contribution is 6.15. The molecule has 0 saturated carbocycles. The lowest BCUT2D eigenvalue weighted by Crippen LogP contribution is -2.22. The molecule has 0 aliphatic heterocycles. The average molecular weight is 277 g/mol. The van der Waals surface area contributed by atoms with E-state index in [1.807, 2.05) is 67.7 Å². The molecule has 0 aliphatic rings. The van der Waals surface area contributed by atoms with Gasteiger partial charge in [0.2, 0.25) is 0 Å². The maximum absolute atomic E-state index is 4.73.